The molecule has 0 amide bonds. The summed E-state index contributed by atoms with van der Waals surface area (Å²) in [5.41, 5.74) is -3.27. The molecule has 15 heteroatoms. The Hall–Kier alpha value is -4.40. The number of alkyl halides is 3. The number of anilines is 1. The van der Waals surface area contributed by atoms with Crippen LogP contribution in [0.2, 0.25) is 0 Å². The van der Waals surface area contributed by atoms with Gasteiger partial charge in [0.05, 0.1) is 25.0 Å². The number of aromatic nitrogens is 5. The van der Waals surface area contributed by atoms with E-state index in [0.29, 0.717) is 17.6 Å². The number of aliphatic carboxylic acids is 1. The van der Waals surface area contributed by atoms with E-state index in [1.54, 1.807) is 6.07 Å². The molecule has 10 nitrogen and oxygen atoms in total. The van der Waals surface area contributed by atoms with Gasteiger partial charge in [-0.25, -0.2) is 23.5 Å². The zero-order valence-electron chi connectivity index (χ0n) is 17.9. The molecule has 0 fully saturated rings. The molecule has 1 atom stereocenters. The summed E-state index contributed by atoms with van der Waals surface area (Å²) in [5.74, 6) is -5.37. The first kappa shape index (κ1) is 24.7. The van der Waals surface area contributed by atoms with E-state index in [4.69, 9.17) is 9.63 Å². The molecule has 1 aromatic carbocycles. The van der Waals surface area contributed by atoms with Gasteiger partial charge in [0, 0.05) is 11.6 Å². The molecular weight excluding hydrogens is 495 g/mol. The molecular formula is C21H15F5N6O4. The first-order valence-corrected chi connectivity index (χ1v) is 10.0. The maximum atomic E-state index is 14.2. The van der Waals surface area contributed by atoms with E-state index in [0.717, 1.165) is 0 Å². The molecule has 1 unspecified atom stereocenters. The molecule has 0 saturated heterocycles. The van der Waals surface area contributed by atoms with Crippen molar-refractivity contribution in [2.75, 3.05) is 11.9 Å². The van der Waals surface area contributed by atoms with Crippen LogP contribution in [0.25, 0.3) is 22.9 Å². The van der Waals surface area contributed by atoms with Crippen LogP contribution in [0.5, 0.6) is 0 Å². The lowest BCUT2D eigenvalue weighted by Gasteiger charge is -2.26. The summed E-state index contributed by atoms with van der Waals surface area (Å²) in [6.07, 6.45) is -3.64. The molecule has 4 aromatic rings. The van der Waals surface area contributed by atoms with Gasteiger partial charge in [-0.1, -0.05) is 23.4 Å². The van der Waals surface area contributed by atoms with Crippen molar-refractivity contribution in [1.29, 1.82) is 0 Å². The summed E-state index contributed by atoms with van der Waals surface area (Å²) in [5, 5.41) is 28.3. The van der Waals surface area contributed by atoms with Crippen LogP contribution >= 0.6 is 0 Å². The molecule has 0 aliphatic rings. The van der Waals surface area contributed by atoms with Crippen molar-refractivity contribution >= 4 is 11.8 Å². The Balaban J connectivity index is 1.69. The van der Waals surface area contributed by atoms with Crippen molar-refractivity contribution < 1.29 is 41.5 Å². The van der Waals surface area contributed by atoms with Crippen molar-refractivity contribution in [3.8, 4) is 22.9 Å². The highest BCUT2D eigenvalue weighted by atomic mass is 19.4. The molecule has 4 rings (SSSR count). The van der Waals surface area contributed by atoms with Crippen LogP contribution in [0.1, 0.15) is 5.56 Å². The molecule has 0 aliphatic heterocycles. The number of aliphatic hydroxyl groups is 1. The molecule has 0 aliphatic carbocycles. The quantitative estimate of drug-likeness (QED) is 0.305. The van der Waals surface area contributed by atoms with Crippen LogP contribution in [0.15, 0.2) is 53.4 Å². The Morgan fingerprint density at radius 2 is 1.86 bits per heavy atom. The zero-order valence-corrected chi connectivity index (χ0v) is 17.9. The molecule has 3 heterocycles. The van der Waals surface area contributed by atoms with Crippen LogP contribution in [-0.4, -0.2) is 59.4 Å². The summed E-state index contributed by atoms with van der Waals surface area (Å²) < 4.78 is 73.7. The van der Waals surface area contributed by atoms with Gasteiger partial charge in [0.15, 0.2) is 17.5 Å². The first-order chi connectivity index (χ1) is 17.0. The third kappa shape index (κ3) is 4.72. The summed E-state index contributed by atoms with van der Waals surface area (Å²) in [6.45, 7) is -1.69. The van der Waals surface area contributed by atoms with Gasteiger partial charge < -0.3 is 20.1 Å². The highest BCUT2D eigenvalue weighted by Gasteiger charge is 2.60. The van der Waals surface area contributed by atoms with Crippen LogP contribution < -0.4 is 5.32 Å². The molecule has 36 heavy (non-hydrogen) atoms. The highest BCUT2D eigenvalue weighted by Crippen LogP contribution is 2.31. The maximum absolute atomic E-state index is 14.2. The van der Waals surface area contributed by atoms with Crippen LogP contribution in [0, 0.1) is 11.6 Å². The number of nitrogens with one attached hydrogen (secondary N) is 1. The average molecular weight is 510 g/mol. The molecule has 0 bridgehead atoms. The van der Waals surface area contributed by atoms with Crippen LogP contribution in [0.4, 0.5) is 27.8 Å². The first-order valence-electron chi connectivity index (χ1n) is 10.0. The predicted molar refractivity (Wildman–Crippen MR) is 111 cm³/mol. The monoisotopic (exact) mass is 510 g/mol. The second-order valence-electron chi connectivity index (χ2n) is 7.46. The second-order valence-corrected chi connectivity index (χ2v) is 7.46. The molecule has 0 saturated carbocycles. The number of benzene rings is 1. The predicted octanol–water partition coefficient (Wildman–Crippen LogP) is 3.11. The molecule has 3 aromatic heterocycles. The van der Waals surface area contributed by atoms with E-state index in [9.17, 15) is 31.9 Å². The topological polar surface area (TPSA) is 139 Å². The van der Waals surface area contributed by atoms with Crippen LogP contribution in [-0.2, 0) is 11.3 Å². The fourth-order valence-corrected chi connectivity index (χ4v) is 3.11. The number of hydrogen-bond acceptors (Lipinski definition) is 8. The van der Waals surface area contributed by atoms with Gasteiger partial charge in [0.2, 0.25) is 0 Å². The SMILES string of the molecule is O=C(O)C(O)(CNc1nc(-c2cc(-c3ccon3)n(Cc3ccccc3F)n2)ncc1F)C(F)(F)F. The normalized spacial score (nSPS) is 13.4. The van der Waals surface area contributed by atoms with Gasteiger partial charge in [-0.2, -0.15) is 18.3 Å². The molecule has 3 N–H and O–H groups in total. The minimum Gasteiger partial charge on any atom is -0.479 e. The van der Waals surface area contributed by atoms with Crippen molar-refractivity contribution in [1.82, 2.24) is 24.9 Å². The standard InChI is InChI=1S/C21H15F5N6O4/c22-12-4-2-1-3-11(12)9-32-16(14-5-6-36-31-14)7-15(30-32)18-27-8-13(23)17(29-18)28-10-20(35,19(33)34)21(24,25)26/h1-8,35H,9-10H2,(H,33,34)(H,27,28,29). The lowest BCUT2D eigenvalue weighted by molar-refractivity contribution is -0.255. The number of halogens is 5. The summed E-state index contributed by atoms with van der Waals surface area (Å²) >= 11 is 0. The molecule has 188 valence electrons. The minimum absolute atomic E-state index is 0.0108. The number of carboxylic acid groups (broad SMARTS) is 1. The van der Waals surface area contributed by atoms with E-state index in [2.05, 4.69) is 20.2 Å². The lowest BCUT2D eigenvalue weighted by atomic mass is 10.0. The number of rotatable bonds is 8. The summed E-state index contributed by atoms with van der Waals surface area (Å²) in [6, 6.07) is 8.84. The van der Waals surface area contributed by atoms with Crippen LogP contribution in [0.3, 0.4) is 0 Å². The molecule has 0 spiro atoms. The third-order valence-corrected chi connectivity index (χ3v) is 5.07. The Kier molecular flexibility index (Phi) is 6.41. The Labute approximate surface area is 198 Å². The fraction of sp³-hybridized carbons (Fsp3) is 0.190. The lowest BCUT2D eigenvalue weighted by Crippen LogP contribution is -2.56. The summed E-state index contributed by atoms with van der Waals surface area (Å²) in [4.78, 5) is 18.6. The van der Waals surface area contributed by atoms with E-state index >= 15 is 0 Å². The van der Waals surface area contributed by atoms with E-state index in [1.165, 1.54) is 41.3 Å². The number of carbonyl (C=O) groups is 1. The van der Waals surface area contributed by atoms with E-state index in [1.807, 2.05) is 5.32 Å². The Morgan fingerprint density at radius 3 is 2.50 bits per heavy atom. The third-order valence-electron chi connectivity index (χ3n) is 5.07. The summed E-state index contributed by atoms with van der Waals surface area (Å²) in [7, 11) is 0. The zero-order chi connectivity index (χ0) is 26.1. The van der Waals surface area contributed by atoms with Crippen molar-refractivity contribution in [2.24, 2.45) is 0 Å². The number of hydrogen-bond donors (Lipinski definition) is 3. The van der Waals surface area contributed by atoms with Gasteiger partial charge >= 0.3 is 12.1 Å². The Morgan fingerprint density at radius 1 is 1.11 bits per heavy atom. The van der Waals surface area contributed by atoms with Gasteiger partial charge in [-0.05, 0) is 12.1 Å². The minimum atomic E-state index is -5.56. The van der Waals surface area contributed by atoms with Crippen molar-refractivity contribution in [2.45, 2.75) is 18.3 Å². The average Bonchev–Trinajstić information content (AvgIpc) is 3.49. The number of carboxylic acids is 1. The number of nitrogens with zero attached hydrogens (tertiary/aromatic N) is 5. The highest BCUT2D eigenvalue weighted by molar-refractivity contribution is 5.79. The fourth-order valence-electron chi connectivity index (χ4n) is 3.11. The van der Waals surface area contributed by atoms with Crippen molar-refractivity contribution in [3.63, 3.8) is 0 Å². The van der Waals surface area contributed by atoms with Gasteiger partial charge in [-0.3, -0.25) is 4.68 Å². The molecule has 0 radical (unpaired) electrons. The van der Waals surface area contributed by atoms with E-state index in [-0.39, 0.29) is 23.6 Å². The second kappa shape index (κ2) is 9.33. The van der Waals surface area contributed by atoms with Gasteiger partial charge in [0.25, 0.3) is 5.60 Å². The smallest absolute Gasteiger partial charge is 0.429 e. The Bertz CT molecular complexity index is 1390. The largest absolute Gasteiger partial charge is 0.479 e. The van der Waals surface area contributed by atoms with Gasteiger partial charge in [-0.15, -0.1) is 0 Å². The van der Waals surface area contributed by atoms with Gasteiger partial charge in [0.1, 0.15) is 23.5 Å². The van der Waals surface area contributed by atoms with E-state index < -0.39 is 41.7 Å². The van der Waals surface area contributed by atoms with Crippen molar-refractivity contribution in [3.05, 3.63) is 66.1 Å². The maximum Gasteiger partial charge on any atom is 0.429 e.